The Labute approximate surface area is 104 Å². The van der Waals surface area contributed by atoms with Crippen molar-refractivity contribution in [1.29, 1.82) is 0 Å². The first-order chi connectivity index (χ1) is 8.17. The molecule has 0 bridgehead atoms. The molecule has 0 aromatic carbocycles. The minimum Gasteiger partial charge on any atom is -0.486 e. The first-order valence-electron chi connectivity index (χ1n) is 6.58. The highest BCUT2D eigenvalue weighted by molar-refractivity contribution is 5.12. The molecule has 0 fully saturated rings. The fourth-order valence-corrected chi connectivity index (χ4v) is 1.57. The highest BCUT2D eigenvalue weighted by Gasteiger charge is 2.09. The van der Waals surface area contributed by atoms with Gasteiger partial charge in [0.1, 0.15) is 6.10 Å². The van der Waals surface area contributed by atoms with Crippen molar-refractivity contribution >= 4 is 0 Å². The summed E-state index contributed by atoms with van der Waals surface area (Å²) < 4.78 is 7.81. The van der Waals surface area contributed by atoms with E-state index < -0.39 is 0 Å². The minimum absolute atomic E-state index is 0.228. The molecule has 0 saturated carbocycles. The van der Waals surface area contributed by atoms with Gasteiger partial charge in [0.2, 0.25) is 0 Å². The maximum absolute atomic E-state index is 5.90. The summed E-state index contributed by atoms with van der Waals surface area (Å²) in [4.78, 5) is 0. The summed E-state index contributed by atoms with van der Waals surface area (Å²) in [7, 11) is 0. The molecule has 17 heavy (non-hydrogen) atoms. The summed E-state index contributed by atoms with van der Waals surface area (Å²) in [5.74, 6) is 0.865. The summed E-state index contributed by atoms with van der Waals surface area (Å²) in [5, 5.41) is 7.65. The normalized spacial score (nSPS) is 13.0. The van der Waals surface area contributed by atoms with Crippen LogP contribution in [0.2, 0.25) is 0 Å². The second kappa shape index (κ2) is 7.33. The average Bonchev–Trinajstić information content (AvgIpc) is 2.76. The second-order valence-electron chi connectivity index (χ2n) is 4.60. The predicted octanol–water partition coefficient (Wildman–Crippen LogP) is 2.62. The molecule has 1 heterocycles. The molecular weight excluding hydrogens is 214 g/mol. The predicted molar refractivity (Wildman–Crippen MR) is 70.5 cm³/mol. The number of hydrogen-bond acceptors (Lipinski definition) is 3. The molecule has 98 valence electrons. The van der Waals surface area contributed by atoms with Crippen LogP contribution in [0.5, 0.6) is 5.75 Å². The van der Waals surface area contributed by atoms with E-state index in [4.69, 9.17) is 4.74 Å². The topological polar surface area (TPSA) is 39.1 Å². The zero-order valence-electron chi connectivity index (χ0n) is 11.4. The van der Waals surface area contributed by atoms with Crippen LogP contribution in [-0.2, 0) is 0 Å². The Morgan fingerprint density at radius 3 is 2.71 bits per heavy atom. The minimum atomic E-state index is 0.228. The van der Waals surface area contributed by atoms with E-state index in [1.807, 2.05) is 10.9 Å². The largest absolute Gasteiger partial charge is 0.486 e. The Kier molecular flexibility index (Phi) is 6.05. The number of hydrogen-bond donors (Lipinski definition) is 1. The SMILES string of the molecule is CCCNCC(CC)Oc1cnn(C(C)C)c1. The molecule has 1 aromatic heterocycles. The van der Waals surface area contributed by atoms with E-state index in [2.05, 4.69) is 38.1 Å². The fraction of sp³-hybridized carbons (Fsp3) is 0.769. The van der Waals surface area contributed by atoms with Crippen LogP contribution in [0.15, 0.2) is 12.4 Å². The molecule has 0 amide bonds. The standard InChI is InChI=1S/C13H25N3O/c1-5-7-14-8-12(6-2)17-13-9-15-16(10-13)11(3)4/h9-12,14H,5-8H2,1-4H3. The van der Waals surface area contributed by atoms with E-state index in [0.29, 0.717) is 6.04 Å². The average molecular weight is 239 g/mol. The fourth-order valence-electron chi connectivity index (χ4n) is 1.57. The van der Waals surface area contributed by atoms with Gasteiger partial charge in [-0.15, -0.1) is 0 Å². The van der Waals surface area contributed by atoms with Gasteiger partial charge >= 0.3 is 0 Å². The van der Waals surface area contributed by atoms with E-state index in [1.165, 1.54) is 0 Å². The van der Waals surface area contributed by atoms with Gasteiger partial charge in [0.25, 0.3) is 0 Å². The van der Waals surface area contributed by atoms with Crippen molar-refractivity contribution in [1.82, 2.24) is 15.1 Å². The molecule has 4 nitrogen and oxygen atoms in total. The van der Waals surface area contributed by atoms with Gasteiger partial charge in [0.15, 0.2) is 5.75 Å². The summed E-state index contributed by atoms with van der Waals surface area (Å²) >= 11 is 0. The van der Waals surface area contributed by atoms with E-state index in [0.717, 1.165) is 31.7 Å². The number of rotatable bonds is 8. The Morgan fingerprint density at radius 1 is 1.41 bits per heavy atom. The Morgan fingerprint density at radius 2 is 2.18 bits per heavy atom. The van der Waals surface area contributed by atoms with Crippen molar-refractivity contribution in [2.45, 2.75) is 52.7 Å². The van der Waals surface area contributed by atoms with Gasteiger partial charge < -0.3 is 10.1 Å². The number of nitrogens with zero attached hydrogens (tertiary/aromatic N) is 2. The monoisotopic (exact) mass is 239 g/mol. The van der Waals surface area contributed by atoms with Crippen molar-refractivity contribution in [2.75, 3.05) is 13.1 Å². The third-order valence-corrected chi connectivity index (χ3v) is 2.66. The highest BCUT2D eigenvalue weighted by Crippen LogP contribution is 2.14. The first kappa shape index (κ1) is 14.0. The van der Waals surface area contributed by atoms with Crippen LogP contribution in [0.25, 0.3) is 0 Å². The molecule has 0 aliphatic heterocycles. The zero-order valence-corrected chi connectivity index (χ0v) is 11.4. The zero-order chi connectivity index (χ0) is 12.7. The van der Waals surface area contributed by atoms with Crippen molar-refractivity contribution < 1.29 is 4.74 Å². The van der Waals surface area contributed by atoms with Crippen molar-refractivity contribution in [3.8, 4) is 5.75 Å². The van der Waals surface area contributed by atoms with Gasteiger partial charge in [0.05, 0.1) is 12.4 Å². The van der Waals surface area contributed by atoms with Gasteiger partial charge in [-0.2, -0.15) is 5.10 Å². The molecule has 0 aliphatic carbocycles. The van der Waals surface area contributed by atoms with E-state index in [-0.39, 0.29) is 6.10 Å². The molecule has 0 radical (unpaired) electrons. The van der Waals surface area contributed by atoms with Gasteiger partial charge in [-0.3, -0.25) is 4.68 Å². The molecule has 4 heteroatoms. The summed E-state index contributed by atoms with van der Waals surface area (Å²) in [6.45, 7) is 10.5. The summed E-state index contributed by atoms with van der Waals surface area (Å²) in [6, 6.07) is 0.380. The second-order valence-corrected chi connectivity index (χ2v) is 4.60. The van der Waals surface area contributed by atoms with E-state index in [1.54, 1.807) is 6.20 Å². The van der Waals surface area contributed by atoms with Gasteiger partial charge in [0, 0.05) is 12.6 Å². The van der Waals surface area contributed by atoms with Crippen molar-refractivity contribution in [3.63, 3.8) is 0 Å². The molecule has 0 saturated heterocycles. The van der Waals surface area contributed by atoms with Crippen LogP contribution in [0, 0.1) is 0 Å². The number of nitrogens with one attached hydrogen (secondary N) is 1. The maximum atomic E-state index is 5.90. The molecular formula is C13H25N3O. The van der Waals surface area contributed by atoms with E-state index in [9.17, 15) is 0 Å². The van der Waals surface area contributed by atoms with Crippen molar-refractivity contribution in [2.24, 2.45) is 0 Å². The van der Waals surface area contributed by atoms with E-state index >= 15 is 0 Å². The number of aromatic nitrogens is 2. The molecule has 1 N–H and O–H groups in total. The molecule has 0 aliphatic rings. The number of ether oxygens (including phenoxy) is 1. The highest BCUT2D eigenvalue weighted by atomic mass is 16.5. The van der Waals surface area contributed by atoms with Gasteiger partial charge in [-0.05, 0) is 33.2 Å². The molecule has 1 aromatic rings. The summed E-state index contributed by atoms with van der Waals surface area (Å²) in [6.07, 6.45) is 6.15. The van der Waals surface area contributed by atoms with Crippen LogP contribution >= 0.6 is 0 Å². The van der Waals surface area contributed by atoms with Gasteiger partial charge in [-0.1, -0.05) is 13.8 Å². The van der Waals surface area contributed by atoms with Crippen LogP contribution < -0.4 is 10.1 Å². The Balaban J connectivity index is 2.43. The van der Waals surface area contributed by atoms with Crippen LogP contribution in [0.4, 0.5) is 0 Å². The molecule has 1 unspecified atom stereocenters. The quantitative estimate of drug-likeness (QED) is 0.709. The molecule has 0 spiro atoms. The lowest BCUT2D eigenvalue weighted by molar-refractivity contribution is 0.193. The van der Waals surface area contributed by atoms with Crippen LogP contribution in [0.3, 0.4) is 0 Å². The Hall–Kier alpha value is -1.03. The van der Waals surface area contributed by atoms with Crippen LogP contribution in [-0.4, -0.2) is 29.0 Å². The van der Waals surface area contributed by atoms with Gasteiger partial charge in [-0.25, -0.2) is 0 Å². The lowest BCUT2D eigenvalue weighted by atomic mass is 10.2. The third-order valence-electron chi connectivity index (χ3n) is 2.66. The smallest absolute Gasteiger partial charge is 0.157 e. The maximum Gasteiger partial charge on any atom is 0.157 e. The Bertz CT molecular complexity index is 309. The summed E-state index contributed by atoms with van der Waals surface area (Å²) in [5.41, 5.74) is 0. The first-order valence-corrected chi connectivity index (χ1v) is 6.58. The molecule has 1 atom stereocenters. The van der Waals surface area contributed by atoms with Crippen LogP contribution in [0.1, 0.15) is 46.6 Å². The molecule has 1 rings (SSSR count). The lowest BCUT2D eigenvalue weighted by Gasteiger charge is -2.16. The third kappa shape index (κ3) is 4.77. The van der Waals surface area contributed by atoms with Crippen molar-refractivity contribution in [3.05, 3.63) is 12.4 Å². The lowest BCUT2D eigenvalue weighted by Crippen LogP contribution is -2.31.